The van der Waals surface area contributed by atoms with Crippen LogP contribution in [0.4, 0.5) is 0 Å². The van der Waals surface area contributed by atoms with Gasteiger partial charge in [0, 0.05) is 23.0 Å². The highest BCUT2D eigenvalue weighted by molar-refractivity contribution is 7.19. The molecular formula is C20H21NO2S. The number of carbonyl (C=O) groups is 1. The average Bonchev–Trinajstić information content (AvgIpc) is 2.97. The maximum absolute atomic E-state index is 11.1. The van der Waals surface area contributed by atoms with Crippen molar-refractivity contribution in [3.05, 3.63) is 70.6 Å². The molecule has 0 aliphatic carbocycles. The van der Waals surface area contributed by atoms with E-state index in [-0.39, 0.29) is 12.5 Å². The molecule has 124 valence electrons. The Morgan fingerprint density at radius 3 is 2.54 bits per heavy atom. The summed E-state index contributed by atoms with van der Waals surface area (Å²) in [6.07, 6.45) is 1.14. The van der Waals surface area contributed by atoms with Crippen LogP contribution >= 0.6 is 11.3 Å². The summed E-state index contributed by atoms with van der Waals surface area (Å²) >= 11 is 1.62. The van der Waals surface area contributed by atoms with Gasteiger partial charge in [0.25, 0.3) is 0 Å². The molecule has 1 aromatic heterocycles. The van der Waals surface area contributed by atoms with E-state index in [9.17, 15) is 9.90 Å². The zero-order valence-corrected chi connectivity index (χ0v) is 14.5. The molecule has 0 unspecified atom stereocenters. The van der Waals surface area contributed by atoms with Crippen LogP contribution in [-0.4, -0.2) is 17.6 Å². The normalized spacial score (nSPS) is 12.2. The standard InChI is InChI=1S/C20H21NO2S/c1-14(22)21-13-18(23)20-17(12-11-15-7-3-2-4-8-15)16-9-5-6-10-19(16)24-20/h2-10,18,23H,11-13H2,1H3,(H,21,22)/t18-/m1/s1. The van der Waals surface area contributed by atoms with Gasteiger partial charge in [-0.05, 0) is 35.4 Å². The number of carbonyl (C=O) groups excluding carboxylic acids is 1. The van der Waals surface area contributed by atoms with Crippen molar-refractivity contribution in [1.82, 2.24) is 5.32 Å². The van der Waals surface area contributed by atoms with Crippen LogP contribution in [0.2, 0.25) is 0 Å². The summed E-state index contributed by atoms with van der Waals surface area (Å²) in [7, 11) is 0. The van der Waals surface area contributed by atoms with Crippen molar-refractivity contribution in [2.45, 2.75) is 25.9 Å². The van der Waals surface area contributed by atoms with E-state index in [1.807, 2.05) is 30.3 Å². The first-order chi connectivity index (χ1) is 11.6. The summed E-state index contributed by atoms with van der Waals surface area (Å²) in [4.78, 5) is 12.1. The molecule has 0 fully saturated rings. The lowest BCUT2D eigenvalue weighted by Gasteiger charge is -2.12. The molecule has 1 heterocycles. The van der Waals surface area contributed by atoms with Crippen molar-refractivity contribution in [2.24, 2.45) is 0 Å². The van der Waals surface area contributed by atoms with Gasteiger partial charge in [-0.25, -0.2) is 0 Å². The maximum Gasteiger partial charge on any atom is 0.216 e. The second kappa shape index (κ2) is 7.60. The molecule has 1 amide bonds. The third-order valence-electron chi connectivity index (χ3n) is 4.08. The second-order valence-electron chi connectivity index (χ2n) is 5.88. The molecule has 0 spiro atoms. The van der Waals surface area contributed by atoms with Gasteiger partial charge in [0.2, 0.25) is 5.91 Å². The van der Waals surface area contributed by atoms with Gasteiger partial charge in [-0.1, -0.05) is 48.5 Å². The van der Waals surface area contributed by atoms with Gasteiger partial charge in [0.05, 0.1) is 0 Å². The van der Waals surface area contributed by atoms with Crippen molar-refractivity contribution in [3.63, 3.8) is 0 Å². The van der Waals surface area contributed by atoms with Crippen molar-refractivity contribution in [3.8, 4) is 0 Å². The lowest BCUT2D eigenvalue weighted by atomic mass is 10.00. The van der Waals surface area contributed by atoms with Gasteiger partial charge in [-0.15, -0.1) is 11.3 Å². The second-order valence-corrected chi connectivity index (χ2v) is 6.96. The summed E-state index contributed by atoms with van der Waals surface area (Å²) in [5, 5.41) is 14.5. The van der Waals surface area contributed by atoms with Crippen LogP contribution in [0.1, 0.15) is 29.0 Å². The SMILES string of the molecule is CC(=O)NC[C@@H](O)c1sc2ccccc2c1CCc1ccccc1. The molecule has 0 saturated heterocycles. The number of aliphatic hydroxyl groups excluding tert-OH is 1. The maximum atomic E-state index is 11.1. The number of thiophene rings is 1. The van der Waals surface area contributed by atoms with Crippen LogP contribution in [-0.2, 0) is 17.6 Å². The Hall–Kier alpha value is -2.17. The minimum atomic E-state index is -0.669. The predicted octanol–water partition coefficient (Wildman–Crippen LogP) is 3.86. The molecule has 3 aromatic rings. The van der Waals surface area contributed by atoms with Gasteiger partial charge in [-0.2, -0.15) is 0 Å². The number of rotatable bonds is 6. The fourth-order valence-electron chi connectivity index (χ4n) is 2.89. The molecule has 3 rings (SSSR count). The lowest BCUT2D eigenvalue weighted by molar-refractivity contribution is -0.119. The molecule has 4 heteroatoms. The van der Waals surface area contributed by atoms with E-state index in [4.69, 9.17) is 0 Å². The lowest BCUT2D eigenvalue weighted by Crippen LogP contribution is -2.25. The Kier molecular flexibility index (Phi) is 5.28. The van der Waals surface area contributed by atoms with Gasteiger partial charge in [-0.3, -0.25) is 4.79 Å². The highest BCUT2D eigenvalue weighted by atomic mass is 32.1. The number of hydrogen-bond donors (Lipinski definition) is 2. The smallest absolute Gasteiger partial charge is 0.216 e. The van der Waals surface area contributed by atoms with Crippen LogP contribution in [0.3, 0.4) is 0 Å². The van der Waals surface area contributed by atoms with Crippen LogP contribution < -0.4 is 5.32 Å². The molecule has 3 nitrogen and oxygen atoms in total. The Labute approximate surface area is 146 Å². The number of aryl methyl sites for hydroxylation is 2. The molecule has 0 aliphatic rings. The van der Waals surface area contributed by atoms with E-state index >= 15 is 0 Å². The number of nitrogens with one attached hydrogen (secondary N) is 1. The van der Waals surface area contributed by atoms with Gasteiger partial charge in [0.1, 0.15) is 6.10 Å². The third-order valence-corrected chi connectivity index (χ3v) is 5.40. The molecule has 0 bridgehead atoms. The first-order valence-corrected chi connectivity index (χ1v) is 8.93. The topological polar surface area (TPSA) is 49.3 Å². The highest BCUT2D eigenvalue weighted by Crippen LogP contribution is 2.36. The zero-order chi connectivity index (χ0) is 16.9. The summed E-state index contributed by atoms with van der Waals surface area (Å²) in [6, 6.07) is 18.6. The number of hydrogen-bond acceptors (Lipinski definition) is 3. The molecule has 1 atom stereocenters. The van der Waals surface area contributed by atoms with Gasteiger partial charge in [0.15, 0.2) is 0 Å². The quantitative estimate of drug-likeness (QED) is 0.716. The summed E-state index contributed by atoms with van der Waals surface area (Å²) in [6.45, 7) is 1.72. The predicted molar refractivity (Wildman–Crippen MR) is 99.3 cm³/mol. The van der Waals surface area contributed by atoms with E-state index in [1.165, 1.54) is 28.1 Å². The Balaban J connectivity index is 1.88. The van der Waals surface area contributed by atoms with E-state index < -0.39 is 6.10 Å². The monoisotopic (exact) mass is 339 g/mol. The van der Waals surface area contributed by atoms with E-state index in [0.717, 1.165) is 17.7 Å². The fraction of sp³-hybridized carbons (Fsp3) is 0.250. The first kappa shape index (κ1) is 16.7. The van der Waals surface area contributed by atoms with Crippen molar-refractivity contribution in [1.29, 1.82) is 0 Å². The van der Waals surface area contributed by atoms with Crippen molar-refractivity contribution in [2.75, 3.05) is 6.54 Å². The van der Waals surface area contributed by atoms with E-state index in [2.05, 4.69) is 29.6 Å². The van der Waals surface area contributed by atoms with Crippen LogP contribution in [0.5, 0.6) is 0 Å². The Bertz CT molecular complexity index is 826. The molecule has 2 N–H and O–H groups in total. The molecule has 2 aromatic carbocycles. The molecule has 0 radical (unpaired) electrons. The Morgan fingerprint density at radius 1 is 1.08 bits per heavy atom. The number of benzene rings is 2. The number of fused-ring (bicyclic) bond motifs is 1. The van der Waals surface area contributed by atoms with Crippen LogP contribution in [0.15, 0.2) is 54.6 Å². The minimum Gasteiger partial charge on any atom is -0.386 e. The third kappa shape index (κ3) is 3.83. The van der Waals surface area contributed by atoms with Crippen LogP contribution in [0, 0.1) is 0 Å². The molecule has 0 saturated carbocycles. The van der Waals surface area contributed by atoms with Gasteiger partial charge < -0.3 is 10.4 Å². The first-order valence-electron chi connectivity index (χ1n) is 8.12. The molecular weight excluding hydrogens is 318 g/mol. The molecule has 0 aliphatic heterocycles. The summed E-state index contributed by atoms with van der Waals surface area (Å²) < 4.78 is 1.18. The van der Waals surface area contributed by atoms with Crippen LogP contribution in [0.25, 0.3) is 10.1 Å². The molecule has 24 heavy (non-hydrogen) atoms. The summed E-state index contributed by atoms with van der Waals surface area (Å²) in [5.41, 5.74) is 2.48. The minimum absolute atomic E-state index is 0.124. The van der Waals surface area contributed by atoms with E-state index in [0.29, 0.717) is 0 Å². The fourth-order valence-corrected chi connectivity index (χ4v) is 4.13. The summed E-state index contributed by atoms with van der Waals surface area (Å²) in [5.74, 6) is -0.124. The van der Waals surface area contributed by atoms with Crippen molar-refractivity contribution >= 4 is 27.3 Å². The highest BCUT2D eigenvalue weighted by Gasteiger charge is 2.18. The number of aliphatic hydroxyl groups is 1. The zero-order valence-electron chi connectivity index (χ0n) is 13.7. The van der Waals surface area contributed by atoms with Crippen molar-refractivity contribution < 1.29 is 9.90 Å². The largest absolute Gasteiger partial charge is 0.386 e. The van der Waals surface area contributed by atoms with E-state index in [1.54, 1.807) is 11.3 Å². The Morgan fingerprint density at radius 2 is 1.79 bits per heavy atom. The number of amides is 1. The van der Waals surface area contributed by atoms with Gasteiger partial charge >= 0.3 is 0 Å². The average molecular weight is 339 g/mol.